The van der Waals surface area contributed by atoms with Crippen LogP contribution in [-0.2, 0) is 9.53 Å². The van der Waals surface area contributed by atoms with Crippen molar-refractivity contribution in [3.8, 4) is 0 Å². The van der Waals surface area contributed by atoms with Gasteiger partial charge in [0.05, 0.1) is 6.42 Å². The lowest BCUT2D eigenvalue weighted by molar-refractivity contribution is -0.147. The lowest BCUT2D eigenvalue weighted by atomic mass is 10.1. The van der Waals surface area contributed by atoms with E-state index in [4.69, 9.17) is 4.74 Å². The molecular formula is C18H18O2. The molecule has 20 heavy (non-hydrogen) atoms. The van der Waals surface area contributed by atoms with Gasteiger partial charge < -0.3 is 4.74 Å². The van der Waals surface area contributed by atoms with Crippen LogP contribution >= 0.6 is 0 Å². The molecular weight excluding hydrogens is 248 g/mol. The quantitative estimate of drug-likeness (QED) is 0.750. The Bertz CT molecular complexity index is 573. The van der Waals surface area contributed by atoms with Gasteiger partial charge in [0.15, 0.2) is 0 Å². The normalized spacial score (nSPS) is 11.7. The number of hydrogen-bond acceptors (Lipinski definition) is 2. The number of carbonyl (C=O) groups excluding carboxylic acids is 1. The Morgan fingerprint density at radius 2 is 1.60 bits per heavy atom. The van der Waals surface area contributed by atoms with Gasteiger partial charge in [-0.3, -0.25) is 4.79 Å². The van der Waals surface area contributed by atoms with Gasteiger partial charge in [0, 0.05) is 0 Å². The fourth-order valence-electron chi connectivity index (χ4n) is 1.98. The molecule has 0 aliphatic heterocycles. The third-order valence-corrected chi connectivity index (χ3v) is 3.12. The minimum absolute atomic E-state index is 0.210. The molecule has 0 aliphatic rings. The maximum Gasteiger partial charge on any atom is 0.310 e. The smallest absolute Gasteiger partial charge is 0.310 e. The summed E-state index contributed by atoms with van der Waals surface area (Å²) in [6.45, 7) is 5.82. The zero-order valence-electron chi connectivity index (χ0n) is 11.6. The van der Waals surface area contributed by atoms with Gasteiger partial charge in [0.25, 0.3) is 0 Å². The molecule has 0 saturated heterocycles. The zero-order valence-corrected chi connectivity index (χ0v) is 11.6. The second-order valence-corrected chi connectivity index (χ2v) is 4.69. The zero-order chi connectivity index (χ0) is 14.4. The summed E-state index contributed by atoms with van der Waals surface area (Å²) in [4.78, 5) is 11.9. The van der Waals surface area contributed by atoms with E-state index < -0.39 is 0 Å². The first-order valence-electron chi connectivity index (χ1n) is 6.64. The van der Waals surface area contributed by atoms with E-state index in [1.807, 2.05) is 67.6 Å². The molecule has 2 nitrogen and oxygen atoms in total. The number of carbonyl (C=O) groups is 1. The van der Waals surface area contributed by atoms with Crippen molar-refractivity contribution in [3.63, 3.8) is 0 Å². The van der Waals surface area contributed by atoms with Crippen molar-refractivity contribution in [1.82, 2.24) is 0 Å². The summed E-state index contributed by atoms with van der Waals surface area (Å²) in [5, 5.41) is 0. The number of rotatable bonds is 5. The van der Waals surface area contributed by atoms with Crippen LogP contribution in [-0.4, -0.2) is 5.97 Å². The summed E-state index contributed by atoms with van der Waals surface area (Å²) < 4.78 is 5.43. The molecule has 0 spiro atoms. The van der Waals surface area contributed by atoms with Gasteiger partial charge in [-0.15, -0.1) is 0 Å². The van der Waals surface area contributed by atoms with Gasteiger partial charge >= 0.3 is 5.97 Å². The maximum atomic E-state index is 11.9. The molecule has 2 aromatic carbocycles. The van der Waals surface area contributed by atoms with Crippen molar-refractivity contribution in [2.75, 3.05) is 0 Å². The molecule has 0 aliphatic carbocycles. The summed E-state index contributed by atoms with van der Waals surface area (Å²) in [7, 11) is 0. The summed E-state index contributed by atoms with van der Waals surface area (Å²) in [5.74, 6) is -0.254. The van der Waals surface area contributed by atoms with E-state index in [0.717, 1.165) is 16.7 Å². The number of benzene rings is 2. The lowest BCUT2D eigenvalue weighted by Gasteiger charge is -2.14. The molecule has 0 amide bonds. The monoisotopic (exact) mass is 266 g/mol. The molecule has 0 aromatic heterocycles. The average Bonchev–Trinajstić information content (AvgIpc) is 2.49. The maximum absolute atomic E-state index is 11.9. The fourth-order valence-corrected chi connectivity index (χ4v) is 1.98. The minimum Gasteiger partial charge on any atom is -0.458 e. The van der Waals surface area contributed by atoms with Gasteiger partial charge in [-0.2, -0.15) is 0 Å². The first-order valence-corrected chi connectivity index (χ1v) is 6.64. The van der Waals surface area contributed by atoms with Crippen LogP contribution in [0.1, 0.15) is 30.6 Å². The topological polar surface area (TPSA) is 26.3 Å². The Balaban J connectivity index is 1.91. The fraction of sp³-hybridized carbons (Fsp3) is 0.167. The molecule has 2 aromatic rings. The molecule has 0 heterocycles. The standard InChI is InChI=1S/C18H18O2/c1-14(16-9-5-3-6-10-16)13-18(19)20-15(2)17-11-7-4-8-12-17/h3-12,15H,1,13H2,2H3. The van der Waals surface area contributed by atoms with E-state index in [1.54, 1.807) is 0 Å². The molecule has 0 fully saturated rings. The summed E-state index contributed by atoms with van der Waals surface area (Å²) >= 11 is 0. The Hall–Kier alpha value is -2.35. The van der Waals surface area contributed by atoms with Crippen molar-refractivity contribution >= 4 is 11.5 Å². The molecule has 2 heteroatoms. The van der Waals surface area contributed by atoms with Crippen LogP contribution in [0.15, 0.2) is 67.2 Å². The van der Waals surface area contributed by atoms with E-state index >= 15 is 0 Å². The van der Waals surface area contributed by atoms with Crippen molar-refractivity contribution in [2.45, 2.75) is 19.4 Å². The Morgan fingerprint density at radius 3 is 2.20 bits per heavy atom. The Morgan fingerprint density at radius 1 is 1.05 bits per heavy atom. The van der Waals surface area contributed by atoms with Crippen LogP contribution in [0.2, 0.25) is 0 Å². The van der Waals surface area contributed by atoms with E-state index in [-0.39, 0.29) is 18.5 Å². The van der Waals surface area contributed by atoms with Crippen LogP contribution < -0.4 is 0 Å². The van der Waals surface area contributed by atoms with E-state index in [2.05, 4.69) is 6.58 Å². The highest BCUT2D eigenvalue weighted by molar-refractivity contribution is 5.84. The minimum atomic E-state index is -0.254. The van der Waals surface area contributed by atoms with Crippen LogP contribution in [0, 0.1) is 0 Å². The third-order valence-electron chi connectivity index (χ3n) is 3.12. The number of esters is 1. The predicted molar refractivity (Wildman–Crippen MR) is 81.0 cm³/mol. The highest BCUT2D eigenvalue weighted by Crippen LogP contribution is 2.20. The van der Waals surface area contributed by atoms with Crippen molar-refractivity contribution in [1.29, 1.82) is 0 Å². The number of ether oxygens (including phenoxy) is 1. The molecule has 0 bridgehead atoms. The van der Waals surface area contributed by atoms with Crippen molar-refractivity contribution in [2.24, 2.45) is 0 Å². The molecule has 0 radical (unpaired) electrons. The van der Waals surface area contributed by atoms with E-state index in [1.165, 1.54) is 0 Å². The van der Waals surface area contributed by atoms with Crippen LogP contribution in [0.25, 0.3) is 5.57 Å². The molecule has 1 atom stereocenters. The lowest BCUT2D eigenvalue weighted by Crippen LogP contribution is -2.09. The van der Waals surface area contributed by atoms with E-state index in [0.29, 0.717) is 0 Å². The van der Waals surface area contributed by atoms with Crippen LogP contribution in [0.4, 0.5) is 0 Å². The average molecular weight is 266 g/mol. The van der Waals surface area contributed by atoms with Gasteiger partial charge in [-0.05, 0) is 23.6 Å². The number of hydrogen-bond donors (Lipinski definition) is 0. The molecule has 0 N–H and O–H groups in total. The first kappa shape index (κ1) is 14.1. The van der Waals surface area contributed by atoms with Gasteiger partial charge in [0.2, 0.25) is 0 Å². The first-order chi connectivity index (χ1) is 9.66. The summed E-state index contributed by atoms with van der Waals surface area (Å²) in [6.07, 6.45) is -0.0338. The predicted octanol–water partition coefficient (Wildman–Crippen LogP) is 4.39. The van der Waals surface area contributed by atoms with Crippen LogP contribution in [0.3, 0.4) is 0 Å². The second-order valence-electron chi connectivity index (χ2n) is 4.69. The SMILES string of the molecule is C=C(CC(=O)OC(C)c1ccccc1)c1ccccc1. The highest BCUT2D eigenvalue weighted by atomic mass is 16.5. The highest BCUT2D eigenvalue weighted by Gasteiger charge is 2.13. The van der Waals surface area contributed by atoms with Crippen molar-refractivity contribution < 1.29 is 9.53 Å². The van der Waals surface area contributed by atoms with E-state index in [9.17, 15) is 4.79 Å². The second kappa shape index (κ2) is 6.71. The Kier molecular flexibility index (Phi) is 4.72. The Labute approximate surface area is 119 Å². The molecule has 1 unspecified atom stereocenters. The molecule has 102 valence electrons. The van der Waals surface area contributed by atoms with Crippen molar-refractivity contribution in [3.05, 3.63) is 78.4 Å². The van der Waals surface area contributed by atoms with Crippen LogP contribution in [0.5, 0.6) is 0 Å². The summed E-state index contributed by atoms with van der Waals surface area (Å²) in [5.41, 5.74) is 2.74. The molecule has 0 saturated carbocycles. The van der Waals surface area contributed by atoms with Gasteiger partial charge in [-0.25, -0.2) is 0 Å². The van der Waals surface area contributed by atoms with Gasteiger partial charge in [-0.1, -0.05) is 67.2 Å². The summed E-state index contributed by atoms with van der Waals surface area (Å²) in [6, 6.07) is 19.4. The molecule has 2 rings (SSSR count). The van der Waals surface area contributed by atoms with Gasteiger partial charge in [0.1, 0.15) is 6.10 Å². The largest absolute Gasteiger partial charge is 0.458 e. The third kappa shape index (κ3) is 3.82.